The van der Waals surface area contributed by atoms with Crippen LogP contribution < -0.4 is 4.90 Å². The van der Waals surface area contributed by atoms with E-state index in [1.54, 1.807) is 0 Å². The molecule has 2 nitrogen and oxygen atoms in total. The molecule has 1 aliphatic rings. The molecular weight excluding hydrogens is 653 g/mol. The maximum atomic E-state index is 4.53. The standard InChI is InChI=1S/C52H42N2/c1-36(23-33-48-37(2)45-19-11-13-21-49(45)52(48,3)4)53(43-29-24-39(25-30-43)38-15-7-5-8-16-38)44-31-26-40(27-32-44)41-28-34-51-47(35-41)46-20-12-14-22-50(46)54(51)42-17-9-6-10-18-42/h5-35H,2H2,1,3-4H3/b36-23+,48-33+. The lowest BCUT2D eigenvalue weighted by Crippen LogP contribution is -2.16. The largest absolute Gasteiger partial charge is 0.315 e. The SMILES string of the molecule is C=C1/C(=C\C=C(/C)N(c2ccc(-c3ccccc3)cc2)c2ccc(-c3ccc4c(c3)c3ccccc3n4-c3ccccc3)cc2)C(C)(C)c2ccccc21. The maximum Gasteiger partial charge on any atom is 0.0541 e. The summed E-state index contributed by atoms with van der Waals surface area (Å²) in [7, 11) is 0. The van der Waals surface area contributed by atoms with Crippen molar-refractivity contribution in [1.29, 1.82) is 0 Å². The van der Waals surface area contributed by atoms with Crippen molar-refractivity contribution in [3.63, 3.8) is 0 Å². The number of benzene rings is 7. The first-order valence-electron chi connectivity index (χ1n) is 18.7. The maximum absolute atomic E-state index is 4.53. The van der Waals surface area contributed by atoms with Gasteiger partial charge in [-0.3, -0.25) is 0 Å². The predicted octanol–water partition coefficient (Wildman–Crippen LogP) is 14.1. The highest BCUT2D eigenvalue weighted by Crippen LogP contribution is 2.49. The van der Waals surface area contributed by atoms with Crippen molar-refractivity contribution in [3.8, 4) is 27.9 Å². The van der Waals surface area contributed by atoms with Gasteiger partial charge in [-0.15, -0.1) is 0 Å². The third-order valence-electron chi connectivity index (χ3n) is 11.1. The predicted molar refractivity (Wildman–Crippen MR) is 231 cm³/mol. The average Bonchev–Trinajstić information content (AvgIpc) is 3.65. The van der Waals surface area contributed by atoms with Crippen LogP contribution >= 0.6 is 0 Å². The van der Waals surface area contributed by atoms with E-state index in [1.807, 2.05) is 0 Å². The Morgan fingerprint density at radius 2 is 1.09 bits per heavy atom. The van der Waals surface area contributed by atoms with Crippen LogP contribution in [0.1, 0.15) is 31.9 Å². The van der Waals surface area contributed by atoms with E-state index in [-0.39, 0.29) is 5.41 Å². The number of rotatable bonds is 7. The highest BCUT2D eigenvalue weighted by molar-refractivity contribution is 6.10. The van der Waals surface area contributed by atoms with Crippen LogP contribution in [0.5, 0.6) is 0 Å². The first kappa shape index (κ1) is 33.2. The second-order valence-electron chi connectivity index (χ2n) is 14.8. The molecule has 9 rings (SSSR count). The first-order chi connectivity index (χ1) is 26.4. The van der Waals surface area contributed by atoms with Crippen LogP contribution in [0.3, 0.4) is 0 Å². The second kappa shape index (κ2) is 13.4. The summed E-state index contributed by atoms with van der Waals surface area (Å²) in [6.45, 7) is 11.3. The van der Waals surface area contributed by atoms with Crippen molar-refractivity contribution in [2.24, 2.45) is 0 Å². The van der Waals surface area contributed by atoms with Gasteiger partial charge in [-0.1, -0.05) is 148 Å². The number of fused-ring (bicyclic) bond motifs is 4. The molecule has 54 heavy (non-hydrogen) atoms. The summed E-state index contributed by atoms with van der Waals surface area (Å²) < 4.78 is 2.36. The highest BCUT2D eigenvalue weighted by atomic mass is 15.1. The van der Waals surface area contributed by atoms with Gasteiger partial charge in [0.2, 0.25) is 0 Å². The Kier molecular flexibility index (Phi) is 8.24. The molecule has 0 bridgehead atoms. The van der Waals surface area contributed by atoms with Gasteiger partial charge in [-0.2, -0.15) is 0 Å². The Bertz CT molecular complexity index is 2730. The van der Waals surface area contributed by atoms with E-state index in [2.05, 4.69) is 225 Å². The quantitative estimate of drug-likeness (QED) is 0.161. The number of para-hydroxylation sites is 2. The molecule has 0 saturated carbocycles. The van der Waals surface area contributed by atoms with Crippen LogP contribution in [-0.2, 0) is 5.41 Å². The van der Waals surface area contributed by atoms with Crippen LogP contribution in [0, 0.1) is 0 Å². The van der Waals surface area contributed by atoms with E-state index in [0.29, 0.717) is 0 Å². The van der Waals surface area contributed by atoms with Gasteiger partial charge in [0.15, 0.2) is 0 Å². The third kappa shape index (κ3) is 5.68. The van der Waals surface area contributed by atoms with Crippen molar-refractivity contribution in [3.05, 3.63) is 217 Å². The molecule has 2 heteroatoms. The summed E-state index contributed by atoms with van der Waals surface area (Å²) in [4.78, 5) is 2.35. The van der Waals surface area contributed by atoms with E-state index in [1.165, 1.54) is 66.4 Å². The Labute approximate surface area is 318 Å². The van der Waals surface area contributed by atoms with Crippen molar-refractivity contribution in [2.45, 2.75) is 26.2 Å². The van der Waals surface area contributed by atoms with Crippen molar-refractivity contribution < 1.29 is 0 Å². The van der Waals surface area contributed by atoms with Crippen LogP contribution in [-0.4, -0.2) is 4.57 Å². The van der Waals surface area contributed by atoms with Crippen molar-refractivity contribution >= 4 is 38.8 Å². The van der Waals surface area contributed by atoms with E-state index >= 15 is 0 Å². The number of nitrogens with zero attached hydrogens (tertiary/aromatic N) is 2. The van der Waals surface area contributed by atoms with E-state index in [9.17, 15) is 0 Å². The molecule has 1 heterocycles. The van der Waals surface area contributed by atoms with Gasteiger partial charge in [0.25, 0.3) is 0 Å². The molecule has 0 unspecified atom stereocenters. The van der Waals surface area contributed by atoms with Gasteiger partial charge in [-0.05, 0) is 112 Å². The normalized spacial score (nSPS) is 14.5. The number of aromatic nitrogens is 1. The molecule has 0 saturated heterocycles. The monoisotopic (exact) mass is 694 g/mol. The molecule has 0 aliphatic heterocycles. The van der Waals surface area contributed by atoms with E-state index in [4.69, 9.17) is 0 Å². The van der Waals surface area contributed by atoms with Crippen molar-refractivity contribution in [2.75, 3.05) is 4.90 Å². The summed E-state index contributed by atoms with van der Waals surface area (Å²) in [6.07, 6.45) is 4.53. The fourth-order valence-electron chi connectivity index (χ4n) is 8.35. The topological polar surface area (TPSA) is 8.17 Å². The fourth-order valence-corrected chi connectivity index (χ4v) is 8.35. The molecule has 7 aromatic carbocycles. The molecule has 1 aliphatic carbocycles. The smallest absolute Gasteiger partial charge is 0.0541 e. The first-order valence-corrected chi connectivity index (χ1v) is 18.7. The van der Waals surface area contributed by atoms with Gasteiger partial charge in [0, 0.05) is 38.9 Å². The number of allylic oxidation sites excluding steroid dienone is 5. The Morgan fingerprint density at radius 1 is 0.556 bits per heavy atom. The van der Waals surface area contributed by atoms with Gasteiger partial charge in [0.1, 0.15) is 0 Å². The van der Waals surface area contributed by atoms with Gasteiger partial charge in [0.05, 0.1) is 11.0 Å². The summed E-state index contributed by atoms with van der Waals surface area (Å²) in [5.74, 6) is 0. The van der Waals surface area contributed by atoms with Crippen LogP contribution in [0.2, 0.25) is 0 Å². The number of hydrogen-bond acceptors (Lipinski definition) is 1. The van der Waals surface area contributed by atoms with Crippen LogP contribution in [0.4, 0.5) is 11.4 Å². The number of hydrogen-bond donors (Lipinski definition) is 0. The minimum absolute atomic E-state index is 0.122. The summed E-state index contributed by atoms with van der Waals surface area (Å²) in [5, 5.41) is 2.51. The zero-order valence-electron chi connectivity index (χ0n) is 31.0. The summed E-state index contributed by atoms with van der Waals surface area (Å²) in [5.41, 5.74) is 16.5. The fraction of sp³-hybridized carbons (Fsp3) is 0.0769. The van der Waals surface area contributed by atoms with Crippen LogP contribution in [0.15, 0.2) is 206 Å². The summed E-state index contributed by atoms with van der Waals surface area (Å²) in [6, 6.07) is 63.3. The molecule has 8 aromatic rings. The molecule has 0 amide bonds. The highest BCUT2D eigenvalue weighted by Gasteiger charge is 2.36. The zero-order valence-corrected chi connectivity index (χ0v) is 31.0. The lowest BCUT2D eigenvalue weighted by Gasteiger charge is -2.27. The molecule has 0 radical (unpaired) electrons. The lowest BCUT2D eigenvalue weighted by atomic mass is 9.82. The lowest BCUT2D eigenvalue weighted by molar-refractivity contribution is 0.661. The van der Waals surface area contributed by atoms with E-state index in [0.717, 1.165) is 22.6 Å². The van der Waals surface area contributed by atoms with Gasteiger partial charge in [-0.25, -0.2) is 0 Å². The summed E-state index contributed by atoms with van der Waals surface area (Å²) >= 11 is 0. The molecule has 0 fully saturated rings. The average molecular weight is 695 g/mol. The Balaban J connectivity index is 1.10. The number of anilines is 2. The Morgan fingerprint density at radius 3 is 1.78 bits per heavy atom. The Hall–Kier alpha value is -6.64. The minimum atomic E-state index is -0.122. The zero-order chi connectivity index (χ0) is 36.8. The molecular formula is C52H42N2. The van der Waals surface area contributed by atoms with Crippen LogP contribution in [0.25, 0.3) is 55.3 Å². The molecule has 0 atom stereocenters. The molecule has 260 valence electrons. The molecule has 0 spiro atoms. The van der Waals surface area contributed by atoms with Gasteiger partial charge < -0.3 is 9.47 Å². The van der Waals surface area contributed by atoms with E-state index < -0.39 is 0 Å². The molecule has 0 N–H and O–H groups in total. The minimum Gasteiger partial charge on any atom is -0.315 e. The van der Waals surface area contributed by atoms with Gasteiger partial charge >= 0.3 is 0 Å². The third-order valence-corrected chi connectivity index (χ3v) is 11.1. The van der Waals surface area contributed by atoms with Crippen molar-refractivity contribution in [1.82, 2.24) is 4.57 Å². The molecule has 1 aromatic heterocycles. The second-order valence-corrected chi connectivity index (χ2v) is 14.8.